The number of hydrogen-bond donors (Lipinski definition) is 0. The highest BCUT2D eigenvalue weighted by molar-refractivity contribution is 5.71. The van der Waals surface area contributed by atoms with Crippen LogP contribution in [0.2, 0.25) is 0 Å². The maximum Gasteiger partial charge on any atom is 0.344 e. The second kappa shape index (κ2) is 8.73. The summed E-state index contributed by atoms with van der Waals surface area (Å²) in [5.41, 5.74) is -0.599. The lowest BCUT2D eigenvalue weighted by molar-refractivity contribution is -0.575. The zero-order chi connectivity index (χ0) is 23.2. The van der Waals surface area contributed by atoms with Crippen molar-refractivity contribution < 1.29 is 38.3 Å². The molecule has 1 spiro atoms. The number of benzene rings is 1. The van der Waals surface area contributed by atoms with Crippen LogP contribution in [-0.2, 0) is 28.8 Å². The van der Waals surface area contributed by atoms with E-state index in [4.69, 9.17) is 33.5 Å². The number of fused-ring (bicyclic) bond motifs is 2. The lowest BCUT2D eigenvalue weighted by Crippen LogP contribution is -2.70. The molecular formula is C25H34O8. The predicted octanol–water partition coefficient (Wildman–Crippen LogP) is 4.22. The molecule has 4 aliphatic heterocycles. The van der Waals surface area contributed by atoms with Gasteiger partial charge in [0, 0.05) is 18.3 Å². The number of carbonyl (C=O) groups excluding carboxylic acids is 1. The second-order valence-corrected chi connectivity index (χ2v) is 9.96. The summed E-state index contributed by atoms with van der Waals surface area (Å²) in [6.07, 6.45) is 2.93. The van der Waals surface area contributed by atoms with Gasteiger partial charge < -0.3 is 23.7 Å². The fraction of sp³-hybridized carbons (Fsp3) is 0.720. The molecule has 1 saturated carbocycles. The fourth-order valence-electron chi connectivity index (χ4n) is 6.10. The Bertz CT molecular complexity index is 858. The van der Waals surface area contributed by atoms with E-state index in [1.54, 1.807) is 19.1 Å². The molecular weight excluding hydrogens is 428 g/mol. The van der Waals surface area contributed by atoms with Crippen LogP contribution in [-0.4, -0.2) is 43.2 Å². The Morgan fingerprint density at radius 1 is 1.06 bits per heavy atom. The van der Waals surface area contributed by atoms with Crippen molar-refractivity contribution in [2.75, 3.05) is 13.2 Å². The molecule has 0 N–H and O–H groups in total. The van der Waals surface area contributed by atoms with Crippen LogP contribution in [0.4, 0.5) is 0 Å². The van der Waals surface area contributed by atoms with E-state index in [0.29, 0.717) is 29.9 Å². The van der Waals surface area contributed by atoms with Crippen molar-refractivity contribution in [1.82, 2.24) is 0 Å². The first kappa shape index (κ1) is 22.9. The van der Waals surface area contributed by atoms with Gasteiger partial charge in [-0.05, 0) is 69.2 Å². The molecule has 8 atom stereocenters. The van der Waals surface area contributed by atoms with Crippen molar-refractivity contribution in [1.29, 1.82) is 0 Å². The molecule has 2 bridgehead atoms. The minimum atomic E-state index is -0.805. The van der Waals surface area contributed by atoms with Crippen LogP contribution in [0.1, 0.15) is 53.4 Å². The highest BCUT2D eigenvalue weighted by Crippen LogP contribution is 2.60. The van der Waals surface area contributed by atoms with E-state index in [1.807, 2.05) is 19.1 Å². The predicted molar refractivity (Wildman–Crippen MR) is 116 cm³/mol. The molecule has 182 valence electrons. The standard InChI is InChI=1S/C25H34O8/c1-5-27-21(26)14-28-17-7-9-18(10-8-17)29-22-16(3)20-11-6-15(2)19-12-13-24(4)31-23(30-22)25(19,20)33-32-24/h7-10,15-16,19-20,22-23H,5-6,11-14H2,1-4H3/t15-,16-,19?,20?,22+,23-,24+,25-/m1/s1. The van der Waals surface area contributed by atoms with Gasteiger partial charge in [-0.15, -0.1) is 0 Å². The molecule has 5 fully saturated rings. The second-order valence-electron chi connectivity index (χ2n) is 9.96. The maximum absolute atomic E-state index is 11.5. The molecule has 2 unspecified atom stereocenters. The molecule has 1 aromatic rings. The zero-order valence-corrected chi connectivity index (χ0v) is 19.8. The smallest absolute Gasteiger partial charge is 0.344 e. The van der Waals surface area contributed by atoms with Crippen molar-refractivity contribution >= 4 is 5.97 Å². The molecule has 6 rings (SSSR count). The Kier molecular flexibility index (Phi) is 6.05. The quantitative estimate of drug-likeness (QED) is 0.459. The molecule has 4 saturated heterocycles. The van der Waals surface area contributed by atoms with Crippen molar-refractivity contribution in [2.24, 2.45) is 23.7 Å². The summed E-state index contributed by atoms with van der Waals surface area (Å²) in [6, 6.07) is 7.16. The van der Waals surface area contributed by atoms with Gasteiger partial charge in [0.2, 0.25) is 12.1 Å². The van der Waals surface area contributed by atoms with Crippen LogP contribution < -0.4 is 9.47 Å². The summed E-state index contributed by atoms with van der Waals surface area (Å²) in [4.78, 5) is 23.5. The summed E-state index contributed by atoms with van der Waals surface area (Å²) >= 11 is 0. The summed E-state index contributed by atoms with van der Waals surface area (Å²) in [6.45, 7) is 8.35. The van der Waals surface area contributed by atoms with Gasteiger partial charge in [0.05, 0.1) is 6.61 Å². The Morgan fingerprint density at radius 2 is 1.82 bits per heavy atom. The van der Waals surface area contributed by atoms with Crippen molar-refractivity contribution in [3.05, 3.63) is 24.3 Å². The van der Waals surface area contributed by atoms with E-state index in [0.717, 1.165) is 25.7 Å². The van der Waals surface area contributed by atoms with E-state index in [2.05, 4.69) is 13.8 Å². The van der Waals surface area contributed by atoms with E-state index >= 15 is 0 Å². The first-order chi connectivity index (χ1) is 15.8. The molecule has 0 amide bonds. The van der Waals surface area contributed by atoms with Gasteiger partial charge in [-0.1, -0.05) is 13.8 Å². The van der Waals surface area contributed by atoms with E-state index in [-0.39, 0.29) is 18.4 Å². The first-order valence-electron chi connectivity index (χ1n) is 12.1. The third kappa shape index (κ3) is 4.01. The van der Waals surface area contributed by atoms with Gasteiger partial charge in [0.15, 0.2) is 18.5 Å². The number of carbonyl (C=O) groups is 1. The normalized spacial score (nSPS) is 41.6. The Hall–Kier alpha value is -1.87. The summed E-state index contributed by atoms with van der Waals surface area (Å²) in [5, 5.41) is 0. The van der Waals surface area contributed by atoms with Gasteiger partial charge in [0.25, 0.3) is 0 Å². The maximum atomic E-state index is 11.5. The largest absolute Gasteiger partial charge is 0.482 e. The van der Waals surface area contributed by atoms with Crippen LogP contribution in [0.15, 0.2) is 24.3 Å². The van der Waals surface area contributed by atoms with Crippen LogP contribution >= 0.6 is 0 Å². The van der Waals surface area contributed by atoms with Crippen molar-refractivity contribution in [3.63, 3.8) is 0 Å². The number of rotatable bonds is 6. The lowest BCUT2D eigenvalue weighted by atomic mass is 9.58. The molecule has 5 aliphatic rings. The molecule has 1 aliphatic carbocycles. The van der Waals surface area contributed by atoms with E-state index in [1.165, 1.54) is 0 Å². The average molecular weight is 463 g/mol. The third-order valence-corrected chi connectivity index (χ3v) is 7.84. The summed E-state index contributed by atoms with van der Waals surface area (Å²) in [7, 11) is 0. The summed E-state index contributed by atoms with van der Waals surface area (Å²) in [5.74, 6) is 1.17. The zero-order valence-electron chi connectivity index (χ0n) is 19.8. The SMILES string of the molecule is CCOC(=O)COc1ccc(O[C@H]2O[C@@H]3O[C@]4(C)CCC5[C@H](C)CCC([C@H]2C)[C@]53OO4)cc1. The number of esters is 1. The lowest BCUT2D eigenvalue weighted by Gasteiger charge is -2.60. The van der Waals surface area contributed by atoms with E-state index in [9.17, 15) is 4.79 Å². The molecule has 8 heteroatoms. The minimum Gasteiger partial charge on any atom is -0.482 e. The third-order valence-electron chi connectivity index (χ3n) is 7.84. The van der Waals surface area contributed by atoms with E-state index < -0.39 is 29.9 Å². The van der Waals surface area contributed by atoms with Gasteiger partial charge in [-0.2, -0.15) is 0 Å². The van der Waals surface area contributed by atoms with Crippen LogP contribution in [0.5, 0.6) is 11.5 Å². The van der Waals surface area contributed by atoms with Gasteiger partial charge in [0.1, 0.15) is 11.5 Å². The monoisotopic (exact) mass is 462 g/mol. The minimum absolute atomic E-state index is 0.0886. The van der Waals surface area contributed by atoms with Gasteiger partial charge in [-0.3, -0.25) is 0 Å². The molecule has 0 radical (unpaired) electrons. The molecule has 33 heavy (non-hydrogen) atoms. The molecule has 8 nitrogen and oxygen atoms in total. The molecule has 1 aromatic carbocycles. The Morgan fingerprint density at radius 3 is 2.58 bits per heavy atom. The topological polar surface area (TPSA) is 81.7 Å². The number of ether oxygens (including phenoxy) is 5. The van der Waals surface area contributed by atoms with Crippen LogP contribution in [0.3, 0.4) is 0 Å². The summed E-state index contributed by atoms with van der Waals surface area (Å²) < 4.78 is 29.5. The number of hydrogen-bond acceptors (Lipinski definition) is 8. The molecule has 0 aromatic heterocycles. The van der Waals surface area contributed by atoms with Gasteiger partial charge in [-0.25, -0.2) is 14.6 Å². The Labute approximate surface area is 194 Å². The average Bonchev–Trinajstić information content (AvgIpc) is 3.03. The Balaban J connectivity index is 1.31. The van der Waals surface area contributed by atoms with Crippen LogP contribution in [0, 0.1) is 23.7 Å². The first-order valence-corrected chi connectivity index (χ1v) is 12.1. The van der Waals surface area contributed by atoms with Crippen molar-refractivity contribution in [3.8, 4) is 11.5 Å². The highest BCUT2D eigenvalue weighted by Gasteiger charge is 2.69. The highest BCUT2D eigenvalue weighted by atomic mass is 17.3. The van der Waals surface area contributed by atoms with Gasteiger partial charge >= 0.3 is 5.97 Å². The van der Waals surface area contributed by atoms with Crippen molar-refractivity contribution in [2.45, 2.75) is 77.3 Å². The van der Waals surface area contributed by atoms with Crippen LogP contribution in [0.25, 0.3) is 0 Å². The fourth-order valence-corrected chi connectivity index (χ4v) is 6.10. The molecule has 4 heterocycles.